The molecule has 9 atom stereocenters. The number of carbonyl (C=O) groups excluding carboxylic acids is 3. The van der Waals surface area contributed by atoms with Crippen molar-refractivity contribution in [2.24, 2.45) is 23.5 Å². The van der Waals surface area contributed by atoms with Crippen molar-refractivity contribution in [2.45, 2.75) is 77.4 Å². The number of carbonyl (C=O) groups is 3. The number of nitrogens with two attached hydrogens (primary N) is 1. The van der Waals surface area contributed by atoms with Crippen LogP contribution in [0.3, 0.4) is 0 Å². The summed E-state index contributed by atoms with van der Waals surface area (Å²) in [5.74, 6) is -2.48. The molecular formula is C31H47N3O8. The summed E-state index contributed by atoms with van der Waals surface area (Å²) in [5.41, 5.74) is 6.41. The van der Waals surface area contributed by atoms with E-state index in [0.29, 0.717) is 25.0 Å². The predicted octanol–water partition coefficient (Wildman–Crippen LogP) is 1.42. The molecule has 0 saturated heterocycles. The summed E-state index contributed by atoms with van der Waals surface area (Å²) in [4.78, 5) is 39.7. The molecule has 0 aromatic rings. The van der Waals surface area contributed by atoms with Gasteiger partial charge in [0.15, 0.2) is 11.6 Å². The minimum absolute atomic E-state index is 0.0644. The minimum atomic E-state index is -1.58. The lowest BCUT2D eigenvalue weighted by Crippen LogP contribution is -2.51. The maximum atomic E-state index is 13.6. The summed E-state index contributed by atoms with van der Waals surface area (Å²) in [6.45, 7) is 11.1. The maximum Gasteiger partial charge on any atom is 0.251 e. The standard InChI is InChI=1S/C31H47N3O8/c1-8-12-33-26-21-13-17(2)14-25(41-7)27(36)19(4)15-20(5)29(42-31(32)39)24(40-6)11-9-10-18(3)30(38)34-22(28(21)37)16-23(26)35/h8-11,15-17,19,21,24-27,29,31,33,36,39H,1,12-14,32H2,2-7H3,(H,34,38)/b11-9-,18-10+,20-15+. The van der Waals surface area contributed by atoms with E-state index in [1.54, 1.807) is 32.1 Å². The summed E-state index contributed by atoms with van der Waals surface area (Å²) in [7, 11) is 2.98. The molecule has 9 unspecified atom stereocenters. The fourth-order valence-corrected chi connectivity index (χ4v) is 5.40. The molecule has 0 aromatic heterocycles. The van der Waals surface area contributed by atoms with Crippen molar-refractivity contribution in [3.63, 3.8) is 0 Å². The Morgan fingerprint density at radius 3 is 2.48 bits per heavy atom. The summed E-state index contributed by atoms with van der Waals surface area (Å²) in [6.07, 6.45) is 5.46. The first-order chi connectivity index (χ1) is 19.8. The van der Waals surface area contributed by atoms with E-state index >= 15 is 0 Å². The molecule has 1 heterocycles. The number of aliphatic hydroxyl groups is 2. The van der Waals surface area contributed by atoms with Gasteiger partial charge in [0, 0.05) is 44.2 Å². The van der Waals surface area contributed by atoms with Crippen LogP contribution in [0.15, 0.2) is 59.9 Å². The smallest absolute Gasteiger partial charge is 0.251 e. The van der Waals surface area contributed by atoms with Crippen LogP contribution in [0.1, 0.15) is 40.5 Å². The molecule has 11 heteroatoms. The molecule has 234 valence electrons. The topological polar surface area (TPSA) is 169 Å². The molecule has 0 saturated carbocycles. The Morgan fingerprint density at radius 1 is 1.19 bits per heavy atom. The lowest BCUT2D eigenvalue weighted by Gasteiger charge is -2.33. The van der Waals surface area contributed by atoms with Gasteiger partial charge in [-0.2, -0.15) is 0 Å². The first-order valence-electron chi connectivity index (χ1n) is 14.2. The fourth-order valence-electron chi connectivity index (χ4n) is 5.40. The molecule has 11 nitrogen and oxygen atoms in total. The zero-order chi connectivity index (χ0) is 31.6. The van der Waals surface area contributed by atoms with Gasteiger partial charge in [0.2, 0.25) is 6.41 Å². The van der Waals surface area contributed by atoms with Crippen LogP contribution in [0.5, 0.6) is 0 Å². The molecule has 2 aliphatic rings. The number of rotatable bonds is 7. The second kappa shape index (κ2) is 16.8. The van der Waals surface area contributed by atoms with Gasteiger partial charge in [0.25, 0.3) is 5.91 Å². The zero-order valence-electron chi connectivity index (χ0n) is 25.4. The first-order valence-corrected chi connectivity index (χ1v) is 14.2. The second-order valence-electron chi connectivity index (χ2n) is 11.1. The van der Waals surface area contributed by atoms with E-state index in [9.17, 15) is 24.6 Å². The van der Waals surface area contributed by atoms with Crippen LogP contribution >= 0.6 is 0 Å². The Labute approximate surface area is 248 Å². The number of methoxy groups -OCH3 is 2. The lowest BCUT2D eigenvalue weighted by molar-refractivity contribution is -0.146. The highest BCUT2D eigenvalue weighted by atomic mass is 16.6. The maximum absolute atomic E-state index is 13.6. The van der Waals surface area contributed by atoms with Crippen molar-refractivity contribution in [2.75, 3.05) is 20.8 Å². The number of fused-ring (bicyclic) bond motifs is 2. The number of hydrogen-bond donors (Lipinski definition) is 5. The van der Waals surface area contributed by atoms with E-state index in [-0.39, 0.29) is 28.8 Å². The minimum Gasteiger partial charge on any atom is -0.390 e. The highest BCUT2D eigenvalue weighted by molar-refractivity contribution is 6.14. The van der Waals surface area contributed by atoms with Gasteiger partial charge in [-0.3, -0.25) is 20.1 Å². The van der Waals surface area contributed by atoms with Gasteiger partial charge in [0.05, 0.1) is 23.9 Å². The SMILES string of the molecule is C=CCNC1C(=O)C=C2NC(=O)/C(C)=C/C=C\C(OC)C(OC(N)O)/C(C)=C/C(C)C(O)C(OC)CC(C)CC1C2=O. The Morgan fingerprint density at radius 2 is 1.88 bits per heavy atom. The van der Waals surface area contributed by atoms with Crippen molar-refractivity contribution < 1.29 is 38.8 Å². The number of allylic oxidation sites excluding steroid dienone is 3. The third-order valence-corrected chi connectivity index (χ3v) is 7.68. The van der Waals surface area contributed by atoms with Crippen molar-refractivity contribution in [1.29, 1.82) is 0 Å². The van der Waals surface area contributed by atoms with Gasteiger partial charge in [-0.1, -0.05) is 44.2 Å². The number of nitrogens with one attached hydrogen (secondary N) is 2. The van der Waals surface area contributed by atoms with Crippen LogP contribution in [0, 0.1) is 17.8 Å². The van der Waals surface area contributed by atoms with Crippen LogP contribution in [0.2, 0.25) is 0 Å². The molecule has 0 spiro atoms. The molecule has 0 fully saturated rings. The number of ketones is 2. The van der Waals surface area contributed by atoms with Crippen LogP contribution in [0.25, 0.3) is 0 Å². The number of aliphatic hydroxyl groups excluding tert-OH is 2. The highest BCUT2D eigenvalue weighted by Gasteiger charge is 2.40. The van der Waals surface area contributed by atoms with E-state index < -0.39 is 54.6 Å². The molecule has 6 N–H and O–H groups in total. The summed E-state index contributed by atoms with van der Waals surface area (Å²) >= 11 is 0. The third-order valence-electron chi connectivity index (χ3n) is 7.68. The van der Waals surface area contributed by atoms with Crippen LogP contribution in [-0.2, 0) is 28.6 Å². The second-order valence-corrected chi connectivity index (χ2v) is 11.1. The zero-order valence-corrected chi connectivity index (χ0v) is 25.4. The van der Waals surface area contributed by atoms with E-state index in [1.165, 1.54) is 26.4 Å². The van der Waals surface area contributed by atoms with Gasteiger partial charge in [-0.15, -0.1) is 6.58 Å². The average Bonchev–Trinajstić information content (AvgIpc) is 2.94. The number of amides is 1. The summed E-state index contributed by atoms with van der Waals surface area (Å²) in [5, 5.41) is 26.7. The van der Waals surface area contributed by atoms with Gasteiger partial charge >= 0.3 is 0 Å². The molecule has 0 radical (unpaired) electrons. The Bertz CT molecular complexity index is 1100. The fraction of sp³-hybridized carbons (Fsp3) is 0.581. The number of hydrogen-bond acceptors (Lipinski definition) is 10. The molecular weight excluding hydrogens is 542 g/mol. The van der Waals surface area contributed by atoms with Crippen LogP contribution in [0.4, 0.5) is 0 Å². The lowest BCUT2D eigenvalue weighted by atomic mass is 9.77. The molecule has 1 aliphatic heterocycles. The van der Waals surface area contributed by atoms with E-state index in [1.807, 2.05) is 19.9 Å². The van der Waals surface area contributed by atoms with Gasteiger partial charge in [-0.25, -0.2) is 0 Å². The largest absolute Gasteiger partial charge is 0.390 e. The average molecular weight is 590 g/mol. The van der Waals surface area contributed by atoms with Crippen molar-refractivity contribution in [3.8, 4) is 0 Å². The molecule has 2 bridgehead atoms. The number of Topliss-reactive ketones (excluding diaryl/α,β-unsaturated/α-hetero) is 1. The number of ether oxygens (including phenoxy) is 3. The van der Waals surface area contributed by atoms with E-state index in [4.69, 9.17) is 19.9 Å². The Balaban J connectivity index is 2.58. The molecule has 1 aliphatic carbocycles. The van der Waals surface area contributed by atoms with Crippen molar-refractivity contribution >= 4 is 17.5 Å². The van der Waals surface area contributed by atoms with Crippen LogP contribution in [-0.4, -0.2) is 85.3 Å². The monoisotopic (exact) mass is 589 g/mol. The Kier molecular flexibility index (Phi) is 14.1. The quantitative estimate of drug-likeness (QED) is 0.216. The Hall–Kier alpha value is -2.77. The molecule has 42 heavy (non-hydrogen) atoms. The van der Waals surface area contributed by atoms with E-state index in [0.717, 1.165) is 0 Å². The van der Waals surface area contributed by atoms with Crippen molar-refractivity contribution in [3.05, 3.63) is 59.9 Å². The summed E-state index contributed by atoms with van der Waals surface area (Å²) < 4.78 is 16.8. The van der Waals surface area contributed by atoms with Crippen molar-refractivity contribution in [1.82, 2.24) is 10.6 Å². The molecule has 2 rings (SSSR count). The van der Waals surface area contributed by atoms with Crippen LogP contribution < -0.4 is 16.4 Å². The van der Waals surface area contributed by atoms with Gasteiger partial charge < -0.3 is 35.1 Å². The van der Waals surface area contributed by atoms with Gasteiger partial charge in [-0.05, 0) is 38.2 Å². The molecule has 0 aromatic carbocycles. The van der Waals surface area contributed by atoms with E-state index in [2.05, 4.69) is 17.2 Å². The predicted molar refractivity (Wildman–Crippen MR) is 159 cm³/mol. The third kappa shape index (κ3) is 9.63. The first kappa shape index (κ1) is 35.4. The van der Waals surface area contributed by atoms with Gasteiger partial charge in [0.1, 0.15) is 12.2 Å². The summed E-state index contributed by atoms with van der Waals surface area (Å²) in [6, 6.07) is -0.775. The normalized spacial score (nSPS) is 36.1. The highest BCUT2D eigenvalue weighted by Crippen LogP contribution is 2.29. The molecule has 1 amide bonds.